The summed E-state index contributed by atoms with van der Waals surface area (Å²) in [6.45, 7) is 0.173. The predicted molar refractivity (Wildman–Crippen MR) is 88.4 cm³/mol. The third-order valence-corrected chi connectivity index (χ3v) is 4.79. The van der Waals surface area contributed by atoms with Gasteiger partial charge >= 0.3 is 16.4 Å². The standard InChI is InChI=1S/C14H14N6O7S/c15-11(21)8-2-1-3-9(16-8)12-17-18-13(26-12)10-5-4-7-6-19(10)14(22)20(7)27-28(23,24)25/h1-3,7,10H,4-6H2,(H2,15,21)(H,23,24,25)/t7-,10+/m1/s1. The number of nitrogens with two attached hydrogens (primary N) is 1. The van der Waals surface area contributed by atoms with Gasteiger partial charge in [-0.3, -0.25) is 9.35 Å². The Morgan fingerprint density at radius 3 is 2.82 bits per heavy atom. The number of urea groups is 1. The first-order valence-electron chi connectivity index (χ1n) is 8.10. The number of carbonyl (C=O) groups is 2. The normalized spacial score (nSPS) is 22.0. The van der Waals surface area contributed by atoms with E-state index in [2.05, 4.69) is 19.5 Å². The third kappa shape index (κ3) is 3.28. The molecule has 0 spiro atoms. The van der Waals surface area contributed by atoms with Crippen LogP contribution in [0.1, 0.15) is 35.3 Å². The van der Waals surface area contributed by atoms with Crippen molar-refractivity contribution < 1.29 is 31.3 Å². The fourth-order valence-corrected chi connectivity index (χ4v) is 3.64. The number of amides is 3. The summed E-state index contributed by atoms with van der Waals surface area (Å²) >= 11 is 0. The average molecular weight is 410 g/mol. The highest BCUT2D eigenvalue weighted by molar-refractivity contribution is 7.80. The van der Waals surface area contributed by atoms with Crippen LogP contribution in [0.5, 0.6) is 0 Å². The molecule has 0 aliphatic carbocycles. The molecule has 2 aliphatic rings. The molecule has 2 atom stereocenters. The first-order chi connectivity index (χ1) is 13.2. The average Bonchev–Trinajstić information content (AvgIpc) is 3.22. The minimum atomic E-state index is -4.82. The highest BCUT2D eigenvalue weighted by Gasteiger charge is 2.49. The molecular weight excluding hydrogens is 396 g/mol. The summed E-state index contributed by atoms with van der Waals surface area (Å²) in [6, 6.07) is 2.70. The van der Waals surface area contributed by atoms with Crippen molar-refractivity contribution >= 4 is 22.3 Å². The molecule has 3 N–H and O–H groups in total. The second-order valence-electron chi connectivity index (χ2n) is 6.23. The van der Waals surface area contributed by atoms with E-state index in [1.54, 1.807) is 12.1 Å². The van der Waals surface area contributed by atoms with E-state index in [4.69, 9.17) is 14.7 Å². The number of aromatic nitrogens is 3. The largest absolute Gasteiger partial charge is 0.418 e. The van der Waals surface area contributed by atoms with Gasteiger partial charge in [-0.05, 0) is 25.0 Å². The Balaban J connectivity index is 1.58. The van der Waals surface area contributed by atoms with Crippen molar-refractivity contribution in [3.8, 4) is 11.6 Å². The lowest BCUT2D eigenvalue weighted by atomic mass is 10.0. The lowest BCUT2D eigenvalue weighted by molar-refractivity contribution is -0.0317. The van der Waals surface area contributed by atoms with E-state index in [9.17, 15) is 18.0 Å². The quantitative estimate of drug-likeness (QED) is 0.631. The summed E-state index contributed by atoms with van der Waals surface area (Å²) in [4.78, 5) is 29.1. The molecule has 14 heteroatoms. The highest BCUT2D eigenvalue weighted by atomic mass is 32.3. The van der Waals surface area contributed by atoms with Gasteiger partial charge in [0.1, 0.15) is 17.4 Å². The zero-order valence-electron chi connectivity index (χ0n) is 14.1. The van der Waals surface area contributed by atoms with Crippen LogP contribution in [0.4, 0.5) is 4.79 Å². The number of hydrogen-bond acceptors (Lipinski definition) is 9. The van der Waals surface area contributed by atoms with Crippen LogP contribution >= 0.6 is 0 Å². The fraction of sp³-hybridized carbons (Fsp3) is 0.357. The molecule has 0 unspecified atom stereocenters. The number of carbonyl (C=O) groups excluding carboxylic acids is 2. The molecular formula is C14H14N6O7S. The van der Waals surface area contributed by atoms with Crippen LogP contribution in [-0.4, -0.2) is 62.6 Å². The maximum absolute atomic E-state index is 12.4. The van der Waals surface area contributed by atoms with Crippen LogP contribution in [0.2, 0.25) is 0 Å². The molecule has 2 aromatic rings. The Morgan fingerprint density at radius 2 is 2.11 bits per heavy atom. The van der Waals surface area contributed by atoms with Crippen molar-refractivity contribution in [2.75, 3.05) is 6.54 Å². The number of hydrogen-bond donors (Lipinski definition) is 2. The van der Waals surface area contributed by atoms with E-state index in [1.807, 2.05) is 0 Å². The molecule has 148 valence electrons. The van der Waals surface area contributed by atoms with Gasteiger partial charge < -0.3 is 15.1 Å². The van der Waals surface area contributed by atoms with Gasteiger partial charge in [0.25, 0.3) is 11.8 Å². The van der Waals surface area contributed by atoms with Gasteiger partial charge in [-0.2, -0.15) is 13.5 Å². The number of nitrogens with zero attached hydrogens (tertiary/aromatic N) is 5. The van der Waals surface area contributed by atoms with Gasteiger partial charge in [0.2, 0.25) is 5.89 Å². The molecule has 2 saturated heterocycles. The number of primary amides is 1. The van der Waals surface area contributed by atoms with E-state index in [0.717, 1.165) is 0 Å². The van der Waals surface area contributed by atoms with Crippen LogP contribution < -0.4 is 5.73 Å². The Kier molecular flexibility index (Phi) is 4.24. The number of rotatable bonds is 5. The smallest absolute Gasteiger partial charge is 0.417 e. The Morgan fingerprint density at radius 1 is 1.32 bits per heavy atom. The molecule has 28 heavy (non-hydrogen) atoms. The summed E-state index contributed by atoms with van der Waals surface area (Å²) in [5.74, 6) is -0.541. The SMILES string of the molecule is NC(=O)c1cccc(-c2nnc([C@@H]3CC[C@@H]4CN3C(=O)N4OS(=O)(=O)O)o2)n1. The van der Waals surface area contributed by atoms with E-state index < -0.39 is 34.4 Å². The lowest BCUT2D eigenvalue weighted by Crippen LogP contribution is -2.35. The van der Waals surface area contributed by atoms with Crippen molar-refractivity contribution in [3.05, 3.63) is 29.8 Å². The van der Waals surface area contributed by atoms with Crippen LogP contribution in [-0.2, 0) is 14.7 Å². The van der Waals surface area contributed by atoms with Gasteiger partial charge in [0.05, 0.1) is 6.04 Å². The topological polar surface area (TPSA) is 182 Å². The monoisotopic (exact) mass is 410 g/mol. The number of fused-ring (bicyclic) bond motifs is 2. The van der Waals surface area contributed by atoms with Crippen molar-refractivity contribution in [1.29, 1.82) is 0 Å². The zero-order chi connectivity index (χ0) is 20.1. The van der Waals surface area contributed by atoms with Crippen molar-refractivity contribution in [1.82, 2.24) is 25.1 Å². The van der Waals surface area contributed by atoms with Crippen molar-refractivity contribution in [2.45, 2.75) is 24.9 Å². The number of hydroxylamine groups is 2. The van der Waals surface area contributed by atoms with Crippen molar-refractivity contribution in [3.63, 3.8) is 0 Å². The van der Waals surface area contributed by atoms with Crippen LogP contribution in [0.15, 0.2) is 22.6 Å². The Bertz CT molecular complexity index is 1050. The maximum atomic E-state index is 12.4. The van der Waals surface area contributed by atoms with Gasteiger partial charge in [-0.1, -0.05) is 6.07 Å². The van der Waals surface area contributed by atoms with Crippen LogP contribution in [0.3, 0.4) is 0 Å². The predicted octanol–water partition coefficient (Wildman–Crippen LogP) is -0.0940. The van der Waals surface area contributed by atoms with Gasteiger partial charge in [0.15, 0.2) is 0 Å². The minimum absolute atomic E-state index is 0.0329. The molecule has 0 radical (unpaired) electrons. The van der Waals surface area contributed by atoms with Gasteiger partial charge in [-0.15, -0.1) is 14.5 Å². The molecule has 2 fully saturated rings. The molecule has 0 aromatic carbocycles. The summed E-state index contributed by atoms with van der Waals surface area (Å²) in [6.07, 6.45) is 0.813. The molecule has 0 saturated carbocycles. The number of piperidine rings is 1. The summed E-state index contributed by atoms with van der Waals surface area (Å²) in [5, 5.41) is 8.48. The third-order valence-electron chi connectivity index (χ3n) is 4.44. The zero-order valence-corrected chi connectivity index (χ0v) is 14.9. The van der Waals surface area contributed by atoms with Gasteiger partial charge in [-0.25, -0.2) is 9.78 Å². The van der Waals surface area contributed by atoms with Crippen molar-refractivity contribution in [2.24, 2.45) is 5.73 Å². The first kappa shape index (κ1) is 18.3. The molecule has 4 heterocycles. The fourth-order valence-electron chi connectivity index (χ4n) is 3.25. The lowest BCUT2D eigenvalue weighted by Gasteiger charge is -2.27. The Labute approximate surface area is 158 Å². The van der Waals surface area contributed by atoms with Gasteiger partial charge in [0, 0.05) is 6.54 Å². The Hall–Kier alpha value is -3.10. The maximum Gasteiger partial charge on any atom is 0.418 e. The molecule has 2 aromatic heterocycles. The highest BCUT2D eigenvalue weighted by Crippen LogP contribution is 2.38. The van der Waals surface area contributed by atoms with E-state index in [0.29, 0.717) is 17.9 Å². The molecule has 13 nitrogen and oxygen atoms in total. The minimum Gasteiger partial charge on any atom is -0.417 e. The van der Waals surface area contributed by atoms with E-state index >= 15 is 0 Å². The second-order valence-corrected chi connectivity index (χ2v) is 7.23. The summed E-state index contributed by atoms with van der Waals surface area (Å²) in [7, 11) is -4.82. The van der Waals surface area contributed by atoms with Crippen LogP contribution in [0, 0.1) is 0 Å². The first-order valence-corrected chi connectivity index (χ1v) is 9.47. The molecule has 4 rings (SSSR count). The summed E-state index contributed by atoms with van der Waals surface area (Å²) in [5.41, 5.74) is 5.48. The van der Waals surface area contributed by atoms with E-state index in [1.165, 1.54) is 11.0 Å². The molecule has 3 amide bonds. The second kappa shape index (κ2) is 6.50. The van der Waals surface area contributed by atoms with E-state index in [-0.39, 0.29) is 29.7 Å². The summed E-state index contributed by atoms with van der Waals surface area (Å²) < 4.78 is 40.7. The molecule has 2 aliphatic heterocycles. The van der Waals surface area contributed by atoms with Crippen LogP contribution in [0.25, 0.3) is 11.6 Å². The number of pyridine rings is 1. The molecule has 2 bridgehead atoms.